The van der Waals surface area contributed by atoms with Crippen LogP contribution in [0.3, 0.4) is 0 Å². The quantitative estimate of drug-likeness (QED) is 0.689. The van der Waals surface area contributed by atoms with E-state index < -0.39 is 16.4 Å². The lowest BCUT2D eigenvalue weighted by molar-refractivity contribution is 0.153. The smallest absolute Gasteiger partial charge is 0.269 e. The Balaban J connectivity index is 1.97. The van der Waals surface area contributed by atoms with Crippen LogP contribution in [-0.4, -0.2) is 38.6 Å². The Morgan fingerprint density at radius 2 is 1.75 bits per heavy atom. The van der Waals surface area contributed by atoms with Crippen molar-refractivity contribution < 1.29 is 17.2 Å². The van der Waals surface area contributed by atoms with Crippen molar-refractivity contribution in [1.82, 2.24) is 9.29 Å². The summed E-state index contributed by atoms with van der Waals surface area (Å²) < 4.78 is 55.0. The van der Waals surface area contributed by atoms with Gasteiger partial charge >= 0.3 is 0 Å². The molecule has 0 radical (unpaired) electrons. The van der Waals surface area contributed by atoms with Gasteiger partial charge in [0.25, 0.3) is 16.4 Å². The molecule has 1 fully saturated rings. The normalized spacial score (nSPS) is 15.5. The third kappa shape index (κ3) is 3.15. The average molecular weight is 426 g/mol. The van der Waals surface area contributed by atoms with Gasteiger partial charge in [-0.05, 0) is 24.3 Å². The summed E-state index contributed by atoms with van der Waals surface area (Å²) >= 11 is 6.08. The summed E-state index contributed by atoms with van der Waals surface area (Å²) in [5.41, 5.74) is 0.522. The predicted molar refractivity (Wildman–Crippen MR) is 106 cm³/mol. The number of rotatable bonds is 4. The first-order valence-electron chi connectivity index (χ1n) is 8.79. The lowest BCUT2D eigenvalue weighted by Gasteiger charge is -2.30. The fraction of sp³-hybridized carbons (Fsp3) is 0.263. The van der Waals surface area contributed by atoms with E-state index in [0.29, 0.717) is 18.8 Å². The SMILES string of the molecule is O=S(=O)(c1ccccc1Cl)n1cc(C(F)F)c2c(N3CCNCC3)cccc21. The molecular formula is C19H18ClF2N3O2S. The third-order valence-electron chi connectivity index (χ3n) is 4.87. The summed E-state index contributed by atoms with van der Waals surface area (Å²) in [5, 5.41) is 3.52. The molecule has 0 atom stereocenters. The average Bonchev–Trinajstić information content (AvgIpc) is 3.10. The standard InChI is InChI=1S/C19H18ClF2N3O2S/c20-14-4-1-2-7-17(14)28(26,27)25-12-13(19(21)22)18-15(5-3-6-16(18)25)24-10-8-23-9-11-24/h1-7,12,19,23H,8-11H2. The molecule has 148 valence electrons. The van der Waals surface area contributed by atoms with Crippen LogP contribution in [0, 0.1) is 0 Å². The number of piperazine rings is 1. The second-order valence-corrected chi connectivity index (χ2v) is 8.72. The molecule has 1 aliphatic rings. The van der Waals surface area contributed by atoms with E-state index in [4.69, 9.17) is 11.6 Å². The van der Waals surface area contributed by atoms with E-state index in [1.165, 1.54) is 12.1 Å². The first-order valence-corrected chi connectivity index (χ1v) is 10.6. The van der Waals surface area contributed by atoms with Gasteiger partial charge < -0.3 is 10.2 Å². The maximum atomic E-state index is 13.9. The number of hydrogen-bond acceptors (Lipinski definition) is 4. The molecule has 4 rings (SSSR count). The number of aromatic nitrogens is 1. The summed E-state index contributed by atoms with van der Waals surface area (Å²) in [6.07, 6.45) is -1.80. The van der Waals surface area contributed by atoms with Crippen molar-refractivity contribution in [3.05, 3.63) is 59.2 Å². The van der Waals surface area contributed by atoms with Crippen molar-refractivity contribution in [2.75, 3.05) is 31.1 Å². The number of halogens is 3. The van der Waals surface area contributed by atoms with Crippen molar-refractivity contribution in [3.8, 4) is 0 Å². The van der Waals surface area contributed by atoms with Crippen LogP contribution < -0.4 is 10.2 Å². The van der Waals surface area contributed by atoms with E-state index in [0.717, 1.165) is 23.3 Å². The fourth-order valence-corrected chi connectivity index (χ4v) is 5.43. The number of alkyl halides is 2. The monoisotopic (exact) mass is 425 g/mol. The van der Waals surface area contributed by atoms with Crippen LogP contribution in [0.5, 0.6) is 0 Å². The van der Waals surface area contributed by atoms with Gasteiger partial charge in [0.15, 0.2) is 0 Å². The molecule has 0 saturated carbocycles. The van der Waals surface area contributed by atoms with E-state index in [1.54, 1.807) is 30.3 Å². The molecule has 1 aromatic heterocycles. The summed E-state index contributed by atoms with van der Waals surface area (Å²) in [6, 6.07) is 11.0. The Labute approximate surface area is 166 Å². The highest BCUT2D eigenvalue weighted by molar-refractivity contribution is 7.90. The number of nitrogens with one attached hydrogen (secondary N) is 1. The van der Waals surface area contributed by atoms with E-state index in [2.05, 4.69) is 5.32 Å². The Bertz CT molecular complexity index is 1130. The van der Waals surface area contributed by atoms with Gasteiger partial charge in [0, 0.05) is 49.0 Å². The van der Waals surface area contributed by atoms with Gasteiger partial charge in [-0.1, -0.05) is 29.8 Å². The number of hydrogen-bond donors (Lipinski definition) is 1. The van der Waals surface area contributed by atoms with Gasteiger partial charge in [0.1, 0.15) is 4.90 Å². The number of fused-ring (bicyclic) bond motifs is 1. The molecular weight excluding hydrogens is 408 g/mol. The van der Waals surface area contributed by atoms with Crippen LogP contribution in [0.15, 0.2) is 53.6 Å². The predicted octanol–water partition coefficient (Wildman–Crippen LogP) is 3.88. The molecule has 0 amide bonds. The second kappa shape index (κ2) is 7.35. The van der Waals surface area contributed by atoms with E-state index in [-0.39, 0.29) is 26.4 Å². The van der Waals surface area contributed by atoms with Crippen LogP contribution in [0.1, 0.15) is 12.0 Å². The summed E-state index contributed by atoms with van der Waals surface area (Å²) in [5.74, 6) is 0. The maximum absolute atomic E-state index is 13.9. The molecule has 1 saturated heterocycles. The first-order chi connectivity index (χ1) is 13.4. The molecule has 9 heteroatoms. The van der Waals surface area contributed by atoms with E-state index in [9.17, 15) is 17.2 Å². The zero-order valence-electron chi connectivity index (χ0n) is 14.8. The van der Waals surface area contributed by atoms with Gasteiger partial charge in [-0.25, -0.2) is 21.2 Å². The van der Waals surface area contributed by atoms with Gasteiger partial charge in [-0.3, -0.25) is 0 Å². The highest BCUT2D eigenvalue weighted by atomic mass is 35.5. The first kappa shape index (κ1) is 19.2. The van der Waals surface area contributed by atoms with Crippen LogP contribution in [-0.2, 0) is 10.0 Å². The molecule has 1 aliphatic heterocycles. The summed E-state index contributed by atoms with van der Waals surface area (Å²) in [7, 11) is -4.14. The zero-order valence-corrected chi connectivity index (χ0v) is 16.4. The van der Waals surface area contributed by atoms with Gasteiger partial charge in [-0.15, -0.1) is 0 Å². The van der Waals surface area contributed by atoms with Crippen molar-refractivity contribution in [1.29, 1.82) is 0 Å². The Morgan fingerprint density at radius 1 is 1.04 bits per heavy atom. The number of nitrogens with zero attached hydrogens (tertiary/aromatic N) is 2. The summed E-state index contributed by atoms with van der Waals surface area (Å²) in [6.45, 7) is 2.78. The van der Waals surface area contributed by atoms with E-state index in [1.807, 2.05) is 4.90 Å². The maximum Gasteiger partial charge on any atom is 0.269 e. The van der Waals surface area contributed by atoms with Crippen molar-refractivity contribution >= 4 is 38.2 Å². The highest BCUT2D eigenvalue weighted by Gasteiger charge is 2.28. The molecule has 0 bridgehead atoms. The molecule has 1 N–H and O–H groups in total. The minimum atomic E-state index is -4.14. The zero-order chi connectivity index (χ0) is 19.9. The number of benzene rings is 2. The largest absolute Gasteiger partial charge is 0.368 e. The molecule has 3 aromatic rings. The van der Waals surface area contributed by atoms with Crippen LogP contribution in [0.4, 0.5) is 14.5 Å². The molecule has 2 heterocycles. The van der Waals surface area contributed by atoms with Crippen LogP contribution >= 0.6 is 11.6 Å². The Kier molecular flexibility index (Phi) is 5.03. The lowest BCUT2D eigenvalue weighted by Crippen LogP contribution is -2.43. The minimum Gasteiger partial charge on any atom is -0.368 e. The third-order valence-corrected chi connectivity index (χ3v) is 7.04. The van der Waals surface area contributed by atoms with Crippen molar-refractivity contribution in [2.24, 2.45) is 0 Å². The van der Waals surface area contributed by atoms with Crippen LogP contribution in [0.2, 0.25) is 5.02 Å². The molecule has 0 aliphatic carbocycles. The fourth-order valence-electron chi connectivity index (χ4n) is 3.56. The van der Waals surface area contributed by atoms with Gasteiger partial charge in [0.2, 0.25) is 0 Å². The lowest BCUT2D eigenvalue weighted by atomic mass is 10.1. The van der Waals surface area contributed by atoms with Gasteiger partial charge in [-0.2, -0.15) is 0 Å². The van der Waals surface area contributed by atoms with Crippen molar-refractivity contribution in [2.45, 2.75) is 11.3 Å². The molecule has 0 spiro atoms. The molecule has 0 unspecified atom stereocenters. The number of anilines is 1. The highest BCUT2D eigenvalue weighted by Crippen LogP contribution is 2.38. The Hall–Kier alpha value is -2.16. The molecule has 28 heavy (non-hydrogen) atoms. The molecule has 2 aromatic carbocycles. The molecule has 5 nitrogen and oxygen atoms in total. The second-order valence-electron chi connectivity index (χ2n) is 6.52. The van der Waals surface area contributed by atoms with Crippen molar-refractivity contribution in [3.63, 3.8) is 0 Å². The Morgan fingerprint density at radius 3 is 2.43 bits per heavy atom. The van der Waals surface area contributed by atoms with E-state index >= 15 is 0 Å². The summed E-state index contributed by atoms with van der Waals surface area (Å²) in [4.78, 5) is 1.87. The van der Waals surface area contributed by atoms with Crippen LogP contribution in [0.25, 0.3) is 10.9 Å². The van der Waals surface area contributed by atoms with Gasteiger partial charge in [0.05, 0.1) is 10.5 Å². The topological polar surface area (TPSA) is 54.3 Å². The minimum absolute atomic E-state index is 0.0428.